The summed E-state index contributed by atoms with van der Waals surface area (Å²) in [5.41, 5.74) is 0.629. The van der Waals surface area contributed by atoms with Gasteiger partial charge in [0.25, 0.3) is 5.91 Å². The van der Waals surface area contributed by atoms with E-state index in [1.54, 1.807) is 48.9 Å². The standard InChI is InChI=1S/C20H23NO4S/c1-24-16-11-9-14(10-12-16)18(25-20(23)17-8-5-13-26-17)19(22)21-15-6-3-2-4-7-15/h5,8-13,15,18H,2-4,6-7H2,1H3,(H,21,22)/t18-/m0/s1. The van der Waals surface area contributed by atoms with E-state index in [0.717, 1.165) is 25.7 Å². The van der Waals surface area contributed by atoms with Crippen LogP contribution in [-0.4, -0.2) is 25.0 Å². The fourth-order valence-electron chi connectivity index (χ4n) is 3.14. The van der Waals surface area contributed by atoms with E-state index in [2.05, 4.69) is 5.32 Å². The Morgan fingerprint density at radius 3 is 2.46 bits per heavy atom. The predicted octanol–water partition coefficient (Wildman–Crippen LogP) is 4.10. The third-order valence-corrected chi connectivity index (χ3v) is 5.41. The van der Waals surface area contributed by atoms with E-state index in [1.165, 1.54) is 17.8 Å². The molecular weight excluding hydrogens is 350 g/mol. The number of methoxy groups -OCH3 is 1. The van der Waals surface area contributed by atoms with Gasteiger partial charge in [0, 0.05) is 11.6 Å². The highest BCUT2D eigenvalue weighted by atomic mass is 32.1. The van der Waals surface area contributed by atoms with Crippen LogP contribution < -0.4 is 10.1 Å². The molecule has 1 aromatic carbocycles. The molecule has 1 amide bonds. The Balaban J connectivity index is 1.77. The zero-order valence-corrected chi connectivity index (χ0v) is 15.6. The number of thiophene rings is 1. The molecule has 1 aromatic heterocycles. The van der Waals surface area contributed by atoms with Crippen LogP contribution in [0.5, 0.6) is 5.75 Å². The molecule has 0 saturated heterocycles. The van der Waals surface area contributed by atoms with E-state index >= 15 is 0 Å². The second-order valence-corrected chi connectivity index (χ2v) is 7.33. The van der Waals surface area contributed by atoms with Crippen LogP contribution >= 0.6 is 11.3 Å². The molecule has 0 radical (unpaired) electrons. The molecule has 1 atom stereocenters. The molecular formula is C20H23NO4S. The maximum Gasteiger partial charge on any atom is 0.349 e. The molecule has 1 fully saturated rings. The Labute approximate surface area is 157 Å². The van der Waals surface area contributed by atoms with E-state index < -0.39 is 12.1 Å². The second kappa shape index (κ2) is 8.85. The SMILES string of the molecule is COc1ccc([C@H](OC(=O)c2cccs2)C(=O)NC2CCCCC2)cc1. The van der Waals surface area contributed by atoms with Crippen LogP contribution in [0.2, 0.25) is 0 Å². The maximum absolute atomic E-state index is 12.9. The lowest BCUT2D eigenvalue weighted by Crippen LogP contribution is -2.40. The number of carbonyl (C=O) groups is 2. The number of nitrogens with one attached hydrogen (secondary N) is 1. The van der Waals surface area contributed by atoms with Crippen LogP contribution in [0, 0.1) is 0 Å². The molecule has 1 saturated carbocycles. The minimum atomic E-state index is -0.975. The first-order valence-corrected chi connectivity index (χ1v) is 9.74. The molecule has 3 rings (SSSR count). The zero-order chi connectivity index (χ0) is 18.4. The highest BCUT2D eigenvalue weighted by Gasteiger charge is 2.28. The molecule has 1 heterocycles. The van der Waals surface area contributed by atoms with Crippen molar-refractivity contribution in [2.75, 3.05) is 7.11 Å². The van der Waals surface area contributed by atoms with Crippen LogP contribution in [0.3, 0.4) is 0 Å². The van der Waals surface area contributed by atoms with Gasteiger partial charge in [0.2, 0.25) is 6.10 Å². The van der Waals surface area contributed by atoms with E-state index in [9.17, 15) is 9.59 Å². The Morgan fingerprint density at radius 1 is 1.12 bits per heavy atom. The highest BCUT2D eigenvalue weighted by molar-refractivity contribution is 7.11. The van der Waals surface area contributed by atoms with Gasteiger partial charge in [-0.1, -0.05) is 37.5 Å². The number of ether oxygens (including phenoxy) is 2. The molecule has 0 aliphatic heterocycles. The number of rotatable bonds is 6. The van der Waals surface area contributed by atoms with Gasteiger partial charge >= 0.3 is 5.97 Å². The van der Waals surface area contributed by atoms with Gasteiger partial charge in [0.15, 0.2) is 0 Å². The average Bonchev–Trinajstić information content (AvgIpc) is 3.22. The van der Waals surface area contributed by atoms with Crippen LogP contribution in [0.1, 0.15) is 53.4 Å². The smallest absolute Gasteiger partial charge is 0.349 e. The summed E-state index contributed by atoms with van der Waals surface area (Å²) in [4.78, 5) is 25.7. The monoisotopic (exact) mass is 373 g/mol. The number of benzene rings is 1. The van der Waals surface area contributed by atoms with Gasteiger partial charge in [-0.25, -0.2) is 4.79 Å². The fraction of sp³-hybridized carbons (Fsp3) is 0.400. The van der Waals surface area contributed by atoms with Crippen molar-refractivity contribution >= 4 is 23.2 Å². The summed E-state index contributed by atoms with van der Waals surface area (Å²) in [6, 6.07) is 10.7. The van der Waals surface area contributed by atoms with E-state index in [1.807, 2.05) is 0 Å². The molecule has 1 N–H and O–H groups in total. The number of hydrogen-bond donors (Lipinski definition) is 1. The van der Waals surface area contributed by atoms with Gasteiger partial charge in [0.05, 0.1) is 7.11 Å². The van der Waals surface area contributed by atoms with Crippen molar-refractivity contribution in [3.05, 3.63) is 52.2 Å². The number of hydrogen-bond acceptors (Lipinski definition) is 5. The predicted molar refractivity (Wildman–Crippen MR) is 100 cm³/mol. The van der Waals surface area contributed by atoms with Gasteiger partial charge in [-0.05, 0) is 36.4 Å². The summed E-state index contributed by atoms with van der Waals surface area (Å²) in [5, 5.41) is 4.86. The van der Waals surface area contributed by atoms with Crippen LogP contribution in [0.25, 0.3) is 0 Å². The number of esters is 1. The third-order valence-electron chi connectivity index (χ3n) is 4.56. The normalized spacial score (nSPS) is 15.9. The highest BCUT2D eigenvalue weighted by Crippen LogP contribution is 2.25. The first kappa shape index (κ1) is 18.5. The lowest BCUT2D eigenvalue weighted by Gasteiger charge is -2.25. The van der Waals surface area contributed by atoms with E-state index in [0.29, 0.717) is 16.2 Å². The minimum Gasteiger partial charge on any atom is -0.497 e. The second-order valence-electron chi connectivity index (χ2n) is 6.38. The topological polar surface area (TPSA) is 64.6 Å². The van der Waals surface area contributed by atoms with Crippen molar-refractivity contribution in [1.29, 1.82) is 0 Å². The summed E-state index contributed by atoms with van der Waals surface area (Å²) in [5.74, 6) is -0.0728. The average molecular weight is 373 g/mol. The maximum atomic E-state index is 12.9. The molecule has 5 nitrogen and oxygen atoms in total. The fourth-order valence-corrected chi connectivity index (χ4v) is 3.74. The molecule has 0 spiro atoms. The molecule has 138 valence electrons. The van der Waals surface area contributed by atoms with E-state index in [-0.39, 0.29) is 11.9 Å². The lowest BCUT2D eigenvalue weighted by molar-refractivity contribution is -0.131. The lowest BCUT2D eigenvalue weighted by atomic mass is 9.95. The van der Waals surface area contributed by atoms with Crippen molar-refractivity contribution in [1.82, 2.24) is 5.32 Å². The van der Waals surface area contributed by atoms with Crippen LogP contribution in [-0.2, 0) is 9.53 Å². The molecule has 26 heavy (non-hydrogen) atoms. The van der Waals surface area contributed by atoms with Crippen LogP contribution in [0.15, 0.2) is 41.8 Å². The Bertz CT molecular complexity index is 721. The summed E-state index contributed by atoms with van der Waals surface area (Å²) in [6.45, 7) is 0. The largest absolute Gasteiger partial charge is 0.497 e. The van der Waals surface area contributed by atoms with Crippen molar-refractivity contribution in [2.24, 2.45) is 0 Å². The van der Waals surface area contributed by atoms with Crippen molar-refractivity contribution < 1.29 is 19.1 Å². The quantitative estimate of drug-likeness (QED) is 0.774. The molecule has 0 bridgehead atoms. The van der Waals surface area contributed by atoms with Crippen LogP contribution in [0.4, 0.5) is 0 Å². The van der Waals surface area contributed by atoms with Crippen molar-refractivity contribution in [3.8, 4) is 5.75 Å². The summed E-state index contributed by atoms with van der Waals surface area (Å²) >= 11 is 1.30. The minimum absolute atomic E-state index is 0.150. The first-order valence-electron chi connectivity index (χ1n) is 8.86. The van der Waals surface area contributed by atoms with Gasteiger partial charge in [-0.3, -0.25) is 4.79 Å². The Hall–Kier alpha value is -2.34. The van der Waals surface area contributed by atoms with Gasteiger partial charge in [-0.15, -0.1) is 11.3 Å². The van der Waals surface area contributed by atoms with Gasteiger partial charge in [0.1, 0.15) is 10.6 Å². The Morgan fingerprint density at radius 2 is 1.85 bits per heavy atom. The van der Waals surface area contributed by atoms with Gasteiger partial charge < -0.3 is 14.8 Å². The Kier molecular flexibility index (Phi) is 6.28. The molecule has 1 aliphatic carbocycles. The van der Waals surface area contributed by atoms with Gasteiger partial charge in [-0.2, -0.15) is 0 Å². The third kappa shape index (κ3) is 4.64. The molecule has 1 aliphatic rings. The number of amides is 1. The zero-order valence-electron chi connectivity index (χ0n) is 14.8. The van der Waals surface area contributed by atoms with E-state index in [4.69, 9.17) is 9.47 Å². The van der Waals surface area contributed by atoms with Crippen molar-refractivity contribution in [3.63, 3.8) is 0 Å². The first-order chi connectivity index (χ1) is 12.7. The summed E-state index contributed by atoms with van der Waals surface area (Å²) in [6.07, 6.45) is 4.42. The van der Waals surface area contributed by atoms with Crippen molar-refractivity contribution in [2.45, 2.75) is 44.2 Å². The molecule has 6 heteroatoms. The molecule has 0 unspecified atom stereocenters. The molecule has 2 aromatic rings. The summed E-state index contributed by atoms with van der Waals surface area (Å²) in [7, 11) is 1.58. The number of carbonyl (C=O) groups excluding carboxylic acids is 2. The summed E-state index contributed by atoms with van der Waals surface area (Å²) < 4.78 is 10.7.